The molecule has 0 bridgehead atoms. The number of halogens is 2. The average Bonchev–Trinajstić information content (AvgIpc) is 2.70. The molecule has 0 radical (unpaired) electrons. The van der Waals surface area contributed by atoms with Crippen LogP contribution in [0.3, 0.4) is 0 Å². The Labute approximate surface area is 90.7 Å². The van der Waals surface area contributed by atoms with E-state index in [-0.39, 0.29) is 18.0 Å². The smallest absolute Gasteiger partial charge is 0.229 e. The summed E-state index contributed by atoms with van der Waals surface area (Å²) in [7, 11) is 0. The van der Waals surface area contributed by atoms with Gasteiger partial charge in [0.05, 0.1) is 11.3 Å². The summed E-state index contributed by atoms with van der Waals surface area (Å²) in [6, 6.07) is 4.19. The van der Waals surface area contributed by atoms with E-state index in [1.807, 2.05) is 0 Å². The van der Waals surface area contributed by atoms with Crippen LogP contribution in [0.2, 0.25) is 5.02 Å². The van der Waals surface area contributed by atoms with Crippen molar-refractivity contribution in [3.05, 3.63) is 41.0 Å². The normalized spacial score (nSPS) is 10.6. The van der Waals surface area contributed by atoms with Crippen LogP contribution in [0.25, 0.3) is 11.5 Å². The van der Waals surface area contributed by atoms with E-state index in [0.717, 1.165) is 0 Å². The fourth-order valence-corrected chi connectivity index (χ4v) is 1.36. The first-order valence-electron chi connectivity index (χ1n) is 4.30. The minimum atomic E-state index is -0.426. The second-order valence-electron chi connectivity index (χ2n) is 2.97. The monoisotopic (exact) mass is 226 g/mol. The lowest BCUT2D eigenvalue weighted by atomic mass is 10.2. The Bertz CT molecular complexity index is 484. The van der Waals surface area contributed by atoms with Gasteiger partial charge >= 0.3 is 0 Å². The van der Waals surface area contributed by atoms with Gasteiger partial charge in [0.15, 0.2) is 0 Å². The third kappa shape index (κ3) is 2.00. The van der Waals surface area contributed by atoms with Crippen molar-refractivity contribution in [3.63, 3.8) is 0 Å². The van der Waals surface area contributed by atoms with Crippen LogP contribution in [0.4, 0.5) is 4.39 Å². The summed E-state index contributed by atoms with van der Waals surface area (Å²) in [5, 5.41) is 0.430. The molecule has 0 unspecified atom stereocenters. The molecular weight excluding hydrogens is 219 g/mol. The molecule has 1 aromatic heterocycles. The number of hydrogen-bond donors (Lipinski definition) is 1. The number of nitrogens with two attached hydrogens (primary N) is 1. The summed E-state index contributed by atoms with van der Waals surface area (Å²) < 4.78 is 18.5. The largest absolute Gasteiger partial charge is 0.444 e. The highest BCUT2D eigenvalue weighted by molar-refractivity contribution is 6.30. The molecule has 15 heavy (non-hydrogen) atoms. The number of nitrogens with zero attached hydrogens (tertiary/aromatic N) is 1. The van der Waals surface area contributed by atoms with Gasteiger partial charge in [-0.25, -0.2) is 9.37 Å². The van der Waals surface area contributed by atoms with E-state index in [0.29, 0.717) is 10.7 Å². The zero-order chi connectivity index (χ0) is 10.8. The molecule has 0 aliphatic rings. The highest BCUT2D eigenvalue weighted by atomic mass is 35.5. The van der Waals surface area contributed by atoms with E-state index in [9.17, 15) is 4.39 Å². The third-order valence-electron chi connectivity index (χ3n) is 1.92. The number of rotatable bonds is 2. The van der Waals surface area contributed by atoms with Gasteiger partial charge in [0, 0.05) is 11.6 Å². The lowest BCUT2D eigenvalue weighted by molar-refractivity contribution is 0.560. The molecule has 2 N–H and O–H groups in total. The second kappa shape index (κ2) is 4.00. The Morgan fingerprint density at radius 2 is 2.27 bits per heavy atom. The Morgan fingerprint density at radius 1 is 1.47 bits per heavy atom. The standard InChI is InChI=1S/C10H8ClFN2O/c11-6-1-2-9(12)8(3-6)10-14-7(4-13)5-15-10/h1-3,5H,4,13H2. The highest BCUT2D eigenvalue weighted by Gasteiger charge is 2.11. The number of oxazole rings is 1. The molecule has 0 aliphatic carbocycles. The summed E-state index contributed by atoms with van der Waals surface area (Å²) in [4.78, 5) is 4.01. The van der Waals surface area contributed by atoms with Gasteiger partial charge in [-0.3, -0.25) is 0 Å². The topological polar surface area (TPSA) is 52.0 Å². The lowest BCUT2D eigenvalue weighted by Crippen LogP contribution is -1.95. The molecule has 0 atom stereocenters. The van der Waals surface area contributed by atoms with Gasteiger partial charge in [0.2, 0.25) is 5.89 Å². The van der Waals surface area contributed by atoms with E-state index < -0.39 is 5.82 Å². The van der Waals surface area contributed by atoms with Crippen molar-refractivity contribution >= 4 is 11.6 Å². The van der Waals surface area contributed by atoms with Crippen molar-refractivity contribution in [2.24, 2.45) is 5.73 Å². The van der Waals surface area contributed by atoms with Gasteiger partial charge in [-0.1, -0.05) is 11.6 Å². The van der Waals surface area contributed by atoms with Crippen molar-refractivity contribution in [1.29, 1.82) is 0 Å². The summed E-state index contributed by atoms with van der Waals surface area (Å²) >= 11 is 5.75. The van der Waals surface area contributed by atoms with Crippen LogP contribution in [0, 0.1) is 5.82 Å². The number of hydrogen-bond acceptors (Lipinski definition) is 3. The number of aromatic nitrogens is 1. The van der Waals surface area contributed by atoms with Crippen LogP contribution >= 0.6 is 11.6 Å². The molecule has 5 heteroatoms. The average molecular weight is 227 g/mol. The predicted molar refractivity (Wildman–Crippen MR) is 54.8 cm³/mol. The fourth-order valence-electron chi connectivity index (χ4n) is 1.19. The van der Waals surface area contributed by atoms with Gasteiger partial charge in [-0.2, -0.15) is 0 Å². The van der Waals surface area contributed by atoms with E-state index in [1.165, 1.54) is 24.5 Å². The quantitative estimate of drug-likeness (QED) is 0.856. The van der Waals surface area contributed by atoms with E-state index in [4.69, 9.17) is 21.8 Å². The zero-order valence-electron chi connectivity index (χ0n) is 7.71. The molecule has 78 valence electrons. The number of benzene rings is 1. The molecule has 1 heterocycles. The Hall–Kier alpha value is -1.39. The van der Waals surface area contributed by atoms with Crippen LogP contribution in [0.15, 0.2) is 28.9 Å². The summed E-state index contributed by atoms with van der Waals surface area (Å²) in [5.74, 6) is -0.236. The van der Waals surface area contributed by atoms with E-state index in [1.54, 1.807) is 0 Å². The van der Waals surface area contributed by atoms with E-state index >= 15 is 0 Å². The third-order valence-corrected chi connectivity index (χ3v) is 2.15. The molecule has 2 aromatic rings. The van der Waals surface area contributed by atoms with Crippen molar-refractivity contribution < 1.29 is 8.81 Å². The predicted octanol–water partition coefficient (Wildman–Crippen LogP) is 2.59. The van der Waals surface area contributed by atoms with Gasteiger partial charge in [0.25, 0.3) is 0 Å². The fraction of sp³-hybridized carbons (Fsp3) is 0.100. The Kier molecular flexibility index (Phi) is 2.70. The zero-order valence-corrected chi connectivity index (χ0v) is 8.46. The molecule has 0 amide bonds. The van der Waals surface area contributed by atoms with Crippen LogP contribution in [0.1, 0.15) is 5.69 Å². The highest BCUT2D eigenvalue weighted by Crippen LogP contribution is 2.25. The maximum atomic E-state index is 13.4. The maximum absolute atomic E-state index is 13.4. The molecule has 0 aliphatic heterocycles. The van der Waals surface area contributed by atoms with Gasteiger partial charge < -0.3 is 10.2 Å². The summed E-state index contributed by atoms with van der Waals surface area (Å²) in [6.45, 7) is 0.256. The molecular formula is C10H8ClFN2O. The molecule has 0 spiro atoms. The van der Waals surface area contributed by atoms with Crippen LogP contribution in [0.5, 0.6) is 0 Å². The SMILES string of the molecule is NCc1coc(-c2cc(Cl)ccc2F)n1. The minimum absolute atomic E-state index is 0.190. The molecule has 3 nitrogen and oxygen atoms in total. The van der Waals surface area contributed by atoms with Crippen LogP contribution in [-0.4, -0.2) is 4.98 Å². The Morgan fingerprint density at radius 3 is 2.93 bits per heavy atom. The van der Waals surface area contributed by atoms with E-state index in [2.05, 4.69) is 4.98 Å². The van der Waals surface area contributed by atoms with Crippen molar-refractivity contribution in [2.75, 3.05) is 0 Å². The van der Waals surface area contributed by atoms with Gasteiger partial charge in [-0.05, 0) is 18.2 Å². The molecule has 0 saturated heterocycles. The first-order valence-corrected chi connectivity index (χ1v) is 4.68. The molecule has 0 saturated carbocycles. The van der Waals surface area contributed by atoms with Crippen molar-refractivity contribution in [1.82, 2.24) is 4.98 Å². The second-order valence-corrected chi connectivity index (χ2v) is 3.41. The van der Waals surface area contributed by atoms with Gasteiger partial charge in [0.1, 0.15) is 12.1 Å². The minimum Gasteiger partial charge on any atom is -0.444 e. The lowest BCUT2D eigenvalue weighted by Gasteiger charge is -1.98. The van der Waals surface area contributed by atoms with Crippen LogP contribution in [-0.2, 0) is 6.54 Å². The van der Waals surface area contributed by atoms with Crippen molar-refractivity contribution in [2.45, 2.75) is 6.54 Å². The molecule has 0 fully saturated rings. The molecule has 1 aromatic carbocycles. The molecule has 2 rings (SSSR count). The van der Waals surface area contributed by atoms with Gasteiger partial charge in [-0.15, -0.1) is 0 Å². The van der Waals surface area contributed by atoms with Crippen molar-refractivity contribution in [3.8, 4) is 11.5 Å². The summed E-state index contributed by atoms with van der Waals surface area (Å²) in [5.41, 5.74) is 6.18. The summed E-state index contributed by atoms with van der Waals surface area (Å²) in [6.07, 6.45) is 1.40. The van der Waals surface area contributed by atoms with Crippen LogP contribution < -0.4 is 5.73 Å². The Balaban J connectivity index is 2.48. The maximum Gasteiger partial charge on any atom is 0.229 e. The first kappa shape index (κ1) is 10.1. The first-order chi connectivity index (χ1) is 7.20.